The Morgan fingerprint density at radius 3 is 2.65 bits per heavy atom. The van der Waals surface area contributed by atoms with E-state index in [4.69, 9.17) is 11.3 Å². The van der Waals surface area contributed by atoms with E-state index in [1.165, 1.54) is 28.0 Å². The topological polar surface area (TPSA) is 25.6 Å². The summed E-state index contributed by atoms with van der Waals surface area (Å²) in [4.78, 5) is 5.85. The first-order valence-electron chi connectivity index (χ1n) is 11.0. The number of allylic oxidation sites excluding steroid dienone is 3. The van der Waals surface area contributed by atoms with Crippen molar-refractivity contribution >= 4 is 28.0 Å². The number of hydrogen-bond acceptors (Lipinski definition) is 2. The number of ether oxygens (including phenoxy) is 1. The zero-order valence-corrected chi connectivity index (χ0v) is 18.6. The predicted molar refractivity (Wildman–Crippen MR) is 124 cm³/mol. The molecule has 0 unspecified atom stereocenters. The van der Waals surface area contributed by atoms with Gasteiger partial charge in [-0.2, -0.15) is 0 Å². The molecule has 3 heterocycles. The summed E-state index contributed by atoms with van der Waals surface area (Å²) in [7, 11) is 0. The molecule has 2 aliphatic heterocycles. The molecule has 5 rings (SSSR count). The molecule has 0 radical (unpaired) electrons. The molecule has 0 saturated heterocycles. The minimum atomic E-state index is 0.688. The molecule has 5 nitrogen and oxygen atoms in total. The van der Waals surface area contributed by atoms with Crippen LogP contribution in [0.4, 0.5) is 11.4 Å². The van der Waals surface area contributed by atoms with Crippen LogP contribution in [0.25, 0.3) is 21.5 Å². The van der Waals surface area contributed by atoms with E-state index in [1.807, 2.05) is 12.1 Å². The van der Waals surface area contributed by atoms with E-state index in [9.17, 15) is 0 Å². The fourth-order valence-corrected chi connectivity index (χ4v) is 4.77. The highest BCUT2D eigenvalue weighted by molar-refractivity contribution is 5.81. The van der Waals surface area contributed by atoms with Crippen LogP contribution in [-0.4, -0.2) is 11.1 Å². The monoisotopic (exact) mass is 411 g/mol. The lowest BCUT2D eigenvalue weighted by Crippen LogP contribution is -2.31. The molecule has 0 amide bonds. The molecular formula is C26H27N4O+. The minimum absolute atomic E-state index is 0.688. The number of aryl methyl sites for hydroxylation is 4. The summed E-state index contributed by atoms with van der Waals surface area (Å²) in [6.07, 6.45) is 5.32. The maximum absolute atomic E-state index is 7.36. The molecular weight excluding hydrogens is 384 g/mol. The molecule has 0 spiro atoms. The van der Waals surface area contributed by atoms with E-state index >= 15 is 0 Å². The quantitative estimate of drug-likeness (QED) is 0.410. The van der Waals surface area contributed by atoms with E-state index in [0.717, 1.165) is 48.9 Å². The Labute approximate surface area is 183 Å². The summed E-state index contributed by atoms with van der Waals surface area (Å²) < 4.78 is 10.9. The standard InChI is InChI=1S/C26H27N4O/c1-6-28-23-14-17(3)18(4)15-24(23)31-25(28)11-8-19-12-13-30-21-10-9-20(27-5)16-22(21)29(7-2)26(19)30/h8-11,14-16H,6-7,12-13H2,1-4H3/q+1. The lowest BCUT2D eigenvalue weighted by atomic mass is 10.1. The first-order valence-corrected chi connectivity index (χ1v) is 11.0. The Morgan fingerprint density at radius 2 is 1.90 bits per heavy atom. The molecule has 156 valence electrons. The number of imidazole rings is 1. The van der Waals surface area contributed by atoms with Crippen LogP contribution in [0.3, 0.4) is 0 Å². The number of aromatic nitrogens is 2. The van der Waals surface area contributed by atoms with Crippen LogP contribution in [0.2, 0.25) is 0 Å². The van der Waals surface area contributed by atoms with Gasteiger partial charge in [0.1, 0.15) is 0 Å². The Kier molecular flexibility index (Phi) is 4.59. The second kappa shape index (κ2) is 7.31. The Morgan fingerprint density at radius 1 is 1.10 bits per heavy atom. The minimum Gasteiger partial charge on any atom is -0.439 e. The Balaban J connectivity index is 1.57. The van der Waals surface area contributed by atoms with Gasteiger partial charge in [0.15, 0.2) is 22.5 Å². The lowest BCUT2D eigenvalue weighted by molar-refractivity contribution is -0.664. The second-order valence-electron chi connectivity index (χ2n) is 8.20. The molecule has 31 heavy (non-hydrogen) atoms. The van der Waals surface area contributed by atoms with Gasteiger partial charge in [-0.3, -0.25) is 0 Å². The molecule has 0 atom stereocenters. The Bertz CT molecular complexity index is 1320. The normalized spacial score (nSPS) is 17.3. The van der Waals surface area contributed by atoms with Gasteiger partial charge in [-0.15, -0.1) is 0 Å². The van der Waals surface area contributed by atoms with Crippen LogP contribution < -0.4 is 14.2 Å². The highest BCUT2D eigenvalue weighted by Gasteiger charge is 2.32. The van der Waals surface area contributed by atoms with E-state index in [1.54, 1.807) is 0 Å². The smallest absolute Gasteiger partial charge is 0.285 e. The molecule has 0 N–H and O–H groups in total. The highest BCUT2D eigenvalue weighted by atomic mass is 16.5. The SMILES string of the molecule is [C-]#[N+]c1ccc2c(c1)n(CC)c1[n+]2CCC1=CC=C1Oc2cc(C)c(C)cc2N1CC. The van der Waals surface area contributed by atoms with Crippen molar-refractivity contribution in [1.82, 2.24) is 4.57 Å². The zero-order valence-electron chi connectivity index (χ0n) is 18.6. The van der Waals surface area contributed by atoms with Crippen LogP contribution in [0, 0.1) is 20.4 Å². The molecule has 0 fully saturated rings. The van der Waals surface area contributed by atoms with Crippen molar-refractivity contribution in [2.45, 2.75) is 47.2 Å². The van der Waals surface area contributed by atoms with E-state index in [0.29, 0.717) is 5.69 Å². The van der Waals surface area contributed by atoms with Crippen molar-refractivity contribution in [1.29, 1.82) is 0 Å². The molecule has 0 aliphatic carbocycles. The number of anilines is 1. The van der Waals surface area contributed by atoms with Crippen molar-refractivity contribution in [2.24, 2.45) is 0 Å². The predicted octanol–water partition coefficient (Wildman–Crippen LogP) is 5.66. The van der Waals surface area contributed by atoms with Gasteiger partial charge in [0.05, 0.1) is 25.3 Å². The van der Waals surface area contributed by atoms with Crippen LogP contribution in [0.15, 0.2) is 48.4 Å². The number of fused-ring (bicyclic) bond motifs is 4. The fourth-order valence-electron chi connectivity index (χ4n) is 4.77. The molecule has 0 saturated carbocycles. The first-order chi connectivity index (χ1) is 15.0. The first kappa shape index (κ1) is 19.4. The third kappa shape index (κ3) is 2.94. The average Bonchev–Trinajstić information content (AvgIpc) is 3.42. The molecule has 3 aromatic rings. The van der Waals surface area contributed by atoms with Crippen LogP contribution in [0.1, 0.15) is 37.2 Å². The third-order valence-corrected chi connectivity index (χ3v) is 6.48. The molecule has 0 bridgehead atoms. The van der Waals surface area contributed by atoms with Crippen molar-refractivity contribution in [3.63, 3.8) is 0 Å². The van der Waals surface area contributed by atoms with Gasteiger partial charge >= 0.3 is 0 Å². The molecule has 1 aromatic heterocycles. The van der Waals surface area contributed by atoms with Crippen molar-refractivity contribution in [3.8, 4) is 5.75 Å². The van der Waals surface area contributed by atoms with E-state index in [-0.39, 0.29) is 0 Å². The fraction of sp³-hybridized carbons (Fsp3) is 0.308. The van der Waals surface area contributed by atoms with Gasteiger partial charge in [-0.05, 0) is 75.2 Å². The van der Waals surface area contributed by atoms with Crippen LogP contribution in [-0.2, 0) is 13.1 Å². The summed E-state index contributed by atoms with van der Waals surface area (Å²) in [5.41, 5.74) is 8.00. The van der Waals surface area contributed by atoms with Gasteiger partial charge in [0, 0.05) is 18.5 Å². The number of benzene rings is 2. The molecule has 2 aliphatic rings. The van der Waals surface area contributed by atoms with Crippen molar-refractivity contribution < 1.29 is 9.30 Å². The number of rotatable bonds is 3. The van der Waals surface area contributed by atoms with Gasteiger partial charge in [-0.25, -0.2) is 14.0 Å². The maximum Gasteiger partial charge on any atom is 0.285 e. The average molecular weight is 412 g/mol. The second-order valence-corrected chi connectivity index (χ2v) is 8.20. The van der Waals surface area contributed by atoms with Crippen molar-refractivity contribution in [2.75, 3.05) is 11.4 Å². The van der Waals surface area contributed by atoms with E-state index < -0.39 is 0 Å². The van der Waals surface area contributed by atoms with Crippen LogP contribution >= 0.6 is 0 Å². The number of hydrogen-bond donors (Lipinski definition) is 0. The summed E-state index contributed by atoms with van der Waals surface area (Å²) in [5.74, 6) is 3.05. The molecule has 5 heteroatoms. The van der Waals surface area contributed by atoms with Crippen LogP contribution in [0.5, 0.6) is 5.75 Å². The van der Waals surface area contributed by atoms with Gasteiger partial charge in [0.25, 0.3) is 5.82 Å². The summed E-state index contributed by atoms with van der Waals surface area (Å²) in [6, 6.07) is 10.4. The van der Waals surface area contributed by atoms with Gasteiger partial charge < -0.3 is 9.64 Å². The van der Waals surface area contributed by atoms with Gasteiger partial charge in [0.2, 0.25) is 5.88 Å². The highest BCUT2D eigenvalue weighted by Crippen LogP contribution is 2.41. The molecule has 2 aromatic carbocycles. The largest absolute Gasteiger partial charge is 0.439 e. The van der Waals surface area contributed by atoms with Crippen molar-refractivity contribution in [3.05, 3.63) is 76.7 Å². The maximum atomic E-state index is 7.36. The van der Waals surface area contributed by atoms with E-state index in [2.05, 4.69) is 76.9 Å². The number of nitrogens with zero attached hydrogens (tertiary/aromatic N) is 4. The summed E-state index contributed by atoms with van der Waals surface area (Å²) in [5, 5.41) is 0. The van der Waals surface area contributed by atoms with Gasteiger partial charge in [-0.1, -0.05) is 6.07 Å². The summed E-state index contributed by atoms with van der Waals surface area (Å²) in [6.45, 7) is 18.6. The third-order valence-electron chi connectivity index (χ3n) is 6.48. The summed E-state index contributed by atoms with van der Waals surface area (Å²) >= 11 is 0. The zero-order chi connectivity index (χ0) is 21.7. The lowest BCUT2D eigenvalue weighted by Gasteiger charge is -2.15. The Hall–Kier alpha value is -3.52.